The highest BCUT2D eigenvalue weighted by Crippen LogP contribution is 2.28. The molecule has 11 heteroatoms. The zero-order valence-corrected chi connectivity index (χ0v) is 24.4. The summed E-state index contributed by atoms with van der Waals surface area (Å²) < 4.78 is 16.3. The third-order valence-corrected chi connectivity index (χ3v) is 7.15. The van der Waals surface area contributed by atoms with Gasteiger partial charge in [0, 0.05) is 24.6 Å². The molecule has 0 fully saturated rings. The zero-order valence-electron chi connectivity index (χ0n) is 24.4. The molecule has 0 unspecified atom stereocenters. The van der Waals surface area contributed by atoms with Gasteiger partial charge < -0.3 is 24.8 Å². The molecule has 2 N–H and O–H groups in total. The number of amides is 1. The Balaban J connectivity index is 1.62. The van der Waals surface area contributed by atoms with E-state index in [1.807, 2.05) is 69.3 Å². The second kappa shape index (κ2) is 15.6. The minimum absolute atomic E-state index is 0.0356. The first kappa shape index (κ1) is 32.2. The van der Waals surface area contributed by atoms with Crippen molar-refractivity contribution in [1.82, 2.24) is 15.6 Å². The van der Waals surface area contributed by atoms with Crippen LogP contribution < -0.4 is 15.4 Å². The third-order valence-electron chi connectivity index (χ3n) is 7.15. The monoisotopic (exact) mass is 578 g/mol. The van der Waals surface area contributed by atoms with E-state index in [-0.39, 0.29) is 43.0 Å². The molecular weight excluding hydrogens is 540 g/mol. The second-order valence-corrected chi connectivity index (χ2v) is 10.4. The molecule has 0 aliphatic carbocycles. The number of hydrogen-bond acceptors (Lipinski definition) is 9. The summed E-state index contributed by atoms with van der Waals surface area (Å²) in [6.07, 6.45) is 1.69. The molecule has 2 aromatic carbocycles. The molecule has 0 radical (unpaired) electrons. The third kappa shape index (κ3) is 9.64. The molecule has 11 nitrogen and oxygen atoms in total. The number of esters is 1. The minimum atomic E-state index is -0.952. The number of nitrogens with one attached hydrogen (secondary N) is 2. The van der Waals surface area contributed by atoms with Crippen LogP contribution in [-0.4, -0.2) is 47.1 Å². The summed E-state index contributed by atoms with van der Waals surface area (Å²) in [5, 5.41) is 17.8. The van der Waals surface area contributed by atoms with Crippen molar-refractivity contribution in [1.29, 1.82) is 0 Å². The molecule has 0 saturated carbocycles. The summed E-state index contributed by atoms with van der Waals surface area (Å²) in [4.78, 5) is 40.5. The van der Waals surface area contributed by atoms with Gasteiger partial charge in [0.15, 0.2) is 6.04 Å². The number of methoxy groups -OCH3 is 1. The van der Waals surface area contributed by atoms with Gasteiger partial charge in [-0.3, -0.25) is 14.9 Å². The summed E-state index contributed by atoms with van der Waals surface area (Å²) >= 11 is 0. The summed E-state index contributed by atoms with van der Waals surface area (Å²) in [5.41, 5.74) is 0.639. The number of carbonyl (C=O) groups excluding carboxylic acids is 2. The molecule has 3 rings (SSSR count). The van der Waals surface area contributed by atoms with Crippen molar-refractivity contribution in [2.75, 3.05) is 13.7 Å². The van der Waals surface area contributed by atoms with Gasteiger partial charge >= 0.3 is 5.97 Å². The summed E-state index contributed by atoms with van der Waals surface area (Å²) in [7, 11) is 1.26. The Kier molecular flexibility index (Phi) is 11.9. The second-order valence-electron chi connectivity index (χ2n) is 10.4. The lowest BCUT2D eigenvalue weighted by Gasteiger charge is -2.35. The Morgan fingerprint density at radius 1 is 1.07 bits per heavy atom. The Morgan fingerprint density at radius 2 is 1.74 bits per heavy atom. The molecule has 2 atom stereocenters. The van der Waals surface area contributed by atoms with Gasteiger partial charge in [-0.05, 0) is 37.0 Å². The number of pyridine rings is 1. The van der Waals surface area contributed by atoms with Gasteiger partial charge in [0.25, 0.3) is 5.69 Å². The molecule has 3 aromatic rings. The molecule has 0 spiro atoms. The van der Waals surface area contributed by atoms with E-state index in [9.17, 15) is 19.7 Å². The predicted octanol–water partition coefficient (Wildman–Crippen LogP) is 4.94. The van der Waals surface area contributed by atoms with Crippen LogP contribution in [0.25, 0.3) is 0 Å². The number of nitrogens with zero attached hydrogens (tertiary/aromatic N) is 2. The van der Waals surface area contributed by atoms with Crippen molar-refractivity contribution in [3.63, 3.8) is 0 Å². The molecule has 0 bridgehead atoms. The van der Waals surface area contributed by atoms with Crippen LogP contribution in [0.4, 0.5) is 5.69 Å². The van der Waals surface area contributed by atoms with Crippen molar-refractivity contribution in [2.24, 2.45) is 5.92 Å². The van der Waals surface area contributed by atoms with Gasteiger partial charge in [-0.2, -0.15) is 0 Å². The SMILES string of the molecule is COC(=O)[C@H](COCc1ccccc1)NC(=O)CC[C@@](C)(NCc1cc(Oc2ccccc2)ncc1[N+](=O)[O-])C(C)C. The van der Waals surface area contributed by atoms with Crippen LogP contribution in [-0.2, 0) is 32.2 Å². The maximum absolute atomic E-state index is 12.9. The van der Waals surface area contributed by atoms with Crippen LogP contribution in [0.1, 0.15) is 44.7 Å². The summed E-state index contributed by atoms with van der Waals surface area (Å²) in [6.45, 7) is 6.37. The van der Waals surface area contributed by atoms with Crippen LogP contribution in [0, 0.1) is 16.0 Å². The van der Waals surface area contributed by atoms with Crippen LogP contribution in [0.2, 0.25) is 0 Å². The van der Waals surface area contributed by atoms with Crippen molar-refractivity contribution in [2.45, 2.75) is 58.3 Å². The van der Waals surface area contributed by atoms with Crippen molar-refractivity contribution in [3.05, 3.63) is 94.2 Å². The number of hydrogen-bond donors (Lipinski definition) is 2. The molecule has 1 amide bonds. The van der Waals surface area contributed by atoms with Gasteiger partial charge in [-0.25, -0.2) is 9.78 Å². The number of ether oxygens (including phenoxy) is 3. The Bertz CT molecular complexity index is 1320. The topological polar surface area (TPSA) is 142 Å². The number of nitro groups is 1. The largest absolute Gasteiger partial charge is 0.467 e. The van der Waals surface area contributed by atoms with Crippen LogP contribution in [0.15, 0.2) is 72.9 Å². The highest BCUT2D eigenvalue weighted by atomic mass is 16.6. The maximum Gasteiger partial charge on any atom is 0.330 e. The van der Waals surface area contributed by atoms with Gasteiger partial charge in [0.1, 0.15) is 11.9 Å². The number of rotatable bonds is 16. The van der Waals surface area contributed by atoms with Gasteiger partial charge in [0.2, 0.25) is 11.8 Å². The molecule has 42 heavy (non-hydrogen) atoms. The van der Waals surface area contributed by atoms with E-state index in [0.717, 1.165) is 5.56 Å². The highest BCUT2D eigenvalue weighted by molar-refractivity contribution is 5.84. The fraction of sp³-hybridized carbons (Fsp3) is 0.387. The lowest BCUT2D eigenvalue weighted by atomic mass is 9.83. The summed E-state index contributed by atoms with van der Waals surface area (Å²) in [5.74, 6) is -0.0728. The highest BCUT2D eigenvalue weighted by Gasteiger charge is 2.31. The smallest absolute Gasteiger partial charge is 0.330 e. The van der Waals surface area contributed by atoms with Crippen LogP contribution in [0.5, 0.6) is 11.6 Å². The van der Waals surface area contributed by atoms with E-state index in [4.69, 9.17) is 14.2 Å². The van der Waals surface area contributed by atoms with Crippen molar-refractivity contribution in [3.8, 4) is 11.6 Å². The lowest BCUT2D eigenvalue weighted by Crippen LogP contribution is -2.49. The van der Waals surface area contributed by atoms with E-state index in [1.165, 1.54) is 13.3 Å². The van der Waals surface area contributed by atoms with Crippen LogP contribution in [0.3, 0.4) is 0 Å². The normalized spacial score (nSPS) is 13.2. The van der Waals surface area contributed by atoms with Crippen molar-refractivity contribution >= 4 is 17.6 Å². The van der Waals surface area contributed by atoms with Gasteiger partial charge in [-0.15, -0.1) is 0 Å². The number of aromatic nitrogens is 1. The first-order chi connectivity index (χ1) is 20.1. The van der Waals surface area contributed by atoms with E-state index in [1.54, 1.807) is 18.2 Å². The van der Waals surface area contributed by atoms with E-state index in [2.05, 4.69) is 15.6 Å². The number of para-hydroxylation sites is 1. The average molecular weight is 579 g/mol. The first-order valence-electron chi connectivity index (χ1n) is 13.7. The molecule has 224 valence electrons. The Hall–Kier alpha value is -4.35. The van der Waals surface area contributed by atoms with E-state index < -0.39 is 22.5 Å². The van der Waals surface area contributed by atoms with Gasteiger partial charge in [-0.1, -0.05) is 62.4 Å². The Morgan fingerprint density at radius 3 is 2.36 bits per heavy atom. The number of benzene rings is 2. The zero-order chi connectivity index (χ0) is 30.5. The first-order valence-corrected chi connectivity index (χ1v) is 13.7. The van der Waals surface area contributed by atoms with Gasteiger partial charge in [0.05, 0.1) is 30.8 Å². The van der Waals surface area contributed by atoms with Crippen molar-refractivity contribution < 1.29 is 28.7 Å². The lowest BCUT2D eigenvalue weighted by molar-refractivity contribution is -0.386. The van der Waals surface area contributed by atoms with E-state index in [0.29, 0.717) is 24.3 Å². The maximum atomic E-state index is 12.9. The fourth-order valence-corrected chi connectivity index (χ4v) is 4.14. The molecule has 1 heterocycles. The van der Waals surface area contributed by atoms with Crippen LogP contribution >= 0.6 is 0 Å². The fourth-order valence-electron chi connectivity index (χ4n) is 4.14. The Labute approximate surface area is 245 Å². The standard InChI is InChI=1S/C31H38N4O7/c1-22(2)31(3,16-15-28(36)34-26(30(37)40-4)21-41-20-23-11-7-5-8-12-23)33-18-24-17-29(32-19-27(24)35(38)39)42-25-13-9-6-10-14-25/h5-14,17,19,22,26,33H,15-16,18,20-21H2,1-4H3,(H,34,36)/t26-,31+/m0/s1. The average Bonchev–Trinajstić information content (AvgIpc) is 2.99. The van der Waals surface area contributed by atoms with E-state index >= 15 is 0 Å². The molecule has 1 aromatic heterocycles. The predicted molar refractivity (Wildman–Crippen MR) is 157 cm³/mol. The number of carbonyl (C=O) groups is 2. The molecule has 0 aliphatic heterocycles. The molecular formula is C31H38N4O7. The molecule has 0 saturated heterocycles. The quantitative estimate of drug-likeness (QED) is 0.137. The molecule has 0 aliphatic rings. The summed E-state index contributed by atoms with van der Waals surface area (Å²) in [6, 6.07) is 19.1. The minimum Gasteiger partial charge on any atom is -0.467 e.